The van der Waals surface area contributed by atoms with E-state index in [1.165, 1.54) is 12.1 Å². The van der Waals surface area contributed by atoms with Crippen LogP contribution in [-0.2, 0) is 0 Å². The molecule has 0 aliphatic carbocycles. The summed E-state index contributed by atoms with van der Waals surface area (Å²) in [6, 6.07) is 13.3. The van der Waals surface area contributed by atoms with Gasteiger partial charge in [0.25, 0.3) is 0 Å². The molecule has 5 rings (SSSR count). The van der Waals surface area contributed by atoms with Crippen molar-refractivity contribution in [2.75, 3.05) is 5.73 Å². The molecule has 0 saturated heterocycles. The van der Waals surface area contributed by atoms with Crippen molar-refractivity contribution in [3.05, 3.63) is 89.9 Å². The summed E-state index contributed by atoms with van der Waals surface area (Å²) in [5.74, 6) is -0.464. The first-order valence-electron chi connectivity index (χ1n) is 10.1. The van der Waals surface area contributed by atoms with Crippen LogP contribution in [0.4, 0.5) is 14.7 Å². The quantitative estimate of drug-likeness (QED) is 0.434. The average molecular weight is 430 g/mol. The number of nitrogens with zero attached hydrogens (tertiary/aromatic N) is 5. The second-order valence-corrected chi connectivity index (χ2v) is 7.74. The summed E-state index contributed by atoms with van der Waals surface area (Å²) in [5, 5.41) is 8.50. The topological polar surface area (TPSA) is 74.0 Å². The largest absolute Gasteiger partial charge is 0.366 e. The van der Waals surface area contributed by atoms with Crippen molar-refractivity contribution in [3.8, 4) is 22.3 Å². The van der Waals surface area contributed by atoms with Gasteiger partial charge in [0.1, 0.15) is 11.6 Å². The minimum absolute atomic E-state index is 0.128. The average Bonchev–Trinajstić information content (AvgIpc) is 3.39. The lowest BCUT2D eigenvalue weighted by atomic mass is 9.96. The van der Waals surface area contributed by atoms with Gasteiger partial charge in [0, 0.05) is 29.1 Å². The number of benzene rings is 2. The smallest absolute Gasteiger partial charge is 0.240 e. The fourth-order valence-electron chi connectivity index (χ4n) is 3.89. The molecule has 160 valence electrons. The van der Waals surface area contributed by atoms with Crippen LogP contribution in [0, 0.1) is 18.6 Å². The molecule has 3 aromatic heterocycles. The molecule has 0 fully saturated rings. The third kappa shape index (κ3) is 3.39. The van der Waals surface area contributed by atoms with Crippen molar-refractivity contribution in [2.24, 2.45) is 0 Å². The Bertz CT molecular complexity index is 1440. The van der Waals surface area contributed by atoms with Gasteiger partial charge in [0.05, 0.1) is 12.2 Å². The minimum Gasteiger partial charge on any atom is -0.366 e. The van der Waals surface area contributed by atoms with Crippen LogP contribution in [0.3, 0.4) is 0 Å². The Kier molecular flexibility index (Phi) is 4.70. The molecule has 1 unspecified atom stereocenters. The van der Waals surface area contributed by atoms with E-state index in [0.717, 1.165) is 11.1 Å². The Morgan fingerprint density at radius 2 is 1.78 bits per heavy atom. The molecule has 0 amide bonds. The molecule has 0 aliphatic rings. The van der Waals surface area contributed by atoms with Gasteiger partial charge in [-0.15, -0.1) is 5.10 Å². The lowest BCUT2D eigenvalue weighted by Gasteiger charge is -2.13. The van der Waals surface area contributed by atoms with Crippen LogP contribution in [0.25, 0.3) is 27.9 Å². The van der Waals surface area contributed by atoms with Crippen molar-refractivity contribution in [1.82, 2.24) is 24.4 Å². The van der Waals surface area contributed by atoms with Crippen molar-refractivity contribution >= 4 is 11.6 Å². The SMILES string of the molecule is Cc1ccc(-c2ccn3nc(N)nc3c2)c(F)c1-c1cnn(C(C)c2ccc(F)cc2)c1. The van der Waals surface area contributed by atoms with Crippen molar-refractivity contribution in [1.29, 1.82) is 0 Å². The fraction of sp³-hybridized carbons (Fsp3) is 0.125. The van der Waals surface area contributed by atoms with Crippen molar-refractivity contribution in [3.63, 3.8) is 0 Å². The first kappa shape index (κ1) is 19.9. The zero-order valence-corrected chi connectivity index (χ0v) is 17.5. The van der Waals surface area contributed by atoms with E-state index in [9.17, 15) is 4.39 Å². The summed E-state index contributed by atoms with van der Waals surface area (Å²) >= 11 is 0. The Hall–Kier alpha value is -4.07. The molecule has 6 nitrogen and oxygen atoms in total. The van der Waals surface area contributed by atoms with E-state index < -0.39 is 0 Å². The number of halogens is 2. The molecule has 0 radical (unpaired) electrons. The Morgan fingerprint density at radius 3 is 2.56 bits per heavy atom. The lowest BCUT2D eigenvalue weighted by Crippen LogP contribution is -2.07. The lowest BCUT2D eigenvalue weighted by molar-refractivity contribution is 0.561. The van der Waals surface area contributed by atoms with Crippen molar-refractivity contribution in [2.45, 2.75) is 19.9 Å². The van der Waals surface area contributed by atoms with E-state index in [2.05, 4.69) is 15.2 Å². The third-order valence-corrected chi connectivity index (χ3v) is 5.65. The number of hydrogen-bond donors (Lipinski definition) is 1. The zero-order valence-electron chi connectivity index (χ0n) is 17.5. The summed E-state index contributed by atoms with van der Waals surface area (Å²) in [4.78, 5) is 4.15. The highest BCUT2D eigenvalue weighted by Gasteiger charge is 2.18. The molecule has 32 heavy (non-hydrogen) atoms. The molecule has 0 saturated carbocycles. The Morgan fingerprint density at radius 1 is 1.00 bits per heavy atom. The number of aromatic nitrogens is 5. The fourth-order valence-corrected chi connectivity index (χ4v) is 3.89. The first-order valence-corrected chi connectivity index (χ1v) is 10.1. The van der Waals surface area contributed by atoms with Gasteiger partial charge in [-0.05, 0) is 54.8 Å². The van der Waals surface area contributed by atoms with E-state index in [0.29, 0.717) is 27.9 Å². The van der Waals surface area contributed by atoms with Gasteiger partial charge in [-0.1, -0.05) is 24.3 Å². The predicted octanol–water partition coefficient (Wildman–Crippen LogP) is 5.04. The molecule has 0 spiro atoms. The van der Waals surface area contributed by atoms with Gasteiger partial charge in [-0.3, -0.25) is 4.68 Å². The number of nitrogens with two attached hydrogens (primary N) is 1. The van der Waals surface area contributed by atoms with Crippen LogP contribution < -0.4 is 5.73 Å². The number of aryl methyl sites for hydroxylation is 1. The van der Waals surface area contributed by atoms with Crippen LogP contribution in [-0.4, -0.2) is 24.4 Å². The molecule has 0 bridgehead atoms. The number of rotatable bonds is 4. The zero-order chi connectivity index (χ0) is 22.4. The molecule has 2 N–H and O–H groups in total. The van der Waals surface area contributed by atoms with Gasteiger partial charge in [0.15, 0.2) is 5.65 Å². The van der Waals surface area contributed by atoms with Crippen LogP contribution in [0.15, 0.2) is 67.1 Å². The Balaban J connectivity index is 1.55. The van der Waals surface area contributed by atoms with Crippen LogP contribution >= 0.6 is 0 Å². The maximum absolute atomic E-state index is 15.7. The van der Waals surface area contributed by atoms with Crippen LogP contribution in [0.5, 0.6) is 0 Å². The highest BCUT2D eigenvalue weighted by Crippen LogP contribution is 2.34. The van der Waals surface area contributed by atoms with Gasteiger partial charge in [-0.25, -0.2) is 13.3 Å². The second-order valence-electron chi connectivity index (χ2n) is 7.74. The molecule has 0 aliphatic heterocycles. The molecular weight excluding hydrogens is 410 g/mol. The highest BCUT2D eigenvalue weighted by molar-refractivity contribution is 5.77. The number of fused-ring (bicyclic) bond motifs is 1. The van der Waals surface area contributed by atoms with Gasteiger partial charge < -0.3 is 5.73 Å². The Labute approximate surface area is 183 Å². The first-order chi connectivity index (χ1) is 15.4. The molecule has 1 atom stereocenters. The molecule has 3 heterocycles. The van der Waals surface area contributed by atoms with E-state index in [1.54, 1.807) is 51.9 Å². The summed E-state index contributed by atoms with van der Waals surface area (Å²) in [6.45, 7) is 3.83. The standard InChI is InChI=1S/C24H20F2N6/c1-14-3-8-20(17-9-10-31-21(11-17)29-24(27)30-31)23(26)22(14)18-12-28-32(13-18)15(2)16-4-6-19(25)7-5-16/h3-13,15H,1-2H3,(H2,27,30). The predicted molar refractivity (Wildman–Crippen MR) is 119 cm³/mol. The second kappa shape index (κ2) is 7.56. The van der Waals surface area contributed by atoms with Gasteiger partial charge in [0.2, 0.25) is 5.95 Å². The molecule has 8 heteroatoms. The summed E-state index contributed by atoms with van der Waals surface area (Å²) in [6.07, 6.45) is 5.17. The number of hydrogen-bond acceptors (Lipinski definition) is 4. The van der Waals surface area contributed by atoms with E-state index >= 15 is 4.39 Å². The number of nitrogen functional groups attached to an aromatic ring is 1. The van der Waals surface area contributed by atoms with E-state index in [-0.39, 0.29) is 23.6 Å². The molecule has 5 aromatic rings. The monoisotopic (exact) mass is 430 g/mol. The minimum atomic E-state index is -0.337. The third-order valence-electron chi connectivity index (χ3n) is 5.65. The summed E-state index contributed by atoms with van der Waals surface area (Å²) in [7, 11) is 0. The number of anilines is 1. The van der Waals surface area contributed by atoms with Gasteiger partial charge >= 0.3 is 0 Å². The maximum Gasteiger partial charge on any atom is 0.240 e. The van der Waals surface area contributed by atoms with Crippen molar-refractivity contribution < 1.29 is 8.78 Å². The number of pyridine rings is 1. The van der Waals surface area contributed by atoms with E-state index in [1.807, 2.05) is 26.1 Å². The normalized spacial score (nSPS) is 12.4. The highest BCUT2D eigenvalue weighted by atomic mass is 19.1. The molecule has 2 aromatic carbocycles. The maximum atomic E-state index is 15.7. The summed E-state index contributed by atoms with van der Waals surface area (Å²) < 4.78 is 32.3. The van der Waals surface area contributed by atoms with E-state index in [4.69, 9.17) is 5.73 Å². The van der Waals surface area contributed by atoms with Crippen LogP contribution in [0.1, 0.15) is 24.1 Å². The molecular formula is C24H20F2N6. The van der Waals surface area contributed by atoms with Crippen LogP contribution in [0.2, 0.25) is 0 Å². The van der Waals surface area contributed by atoms with Gasteiger partial charge in [-0.2, -0.15) is 10.1 Å². The summed E-state index contributed by atoms with van der Waals surface area (Å²) in [5.41, 5.74) is 10.2.